The Morgan fingerprint density at radius 1 is 0.385 bits per heavy atom. The van der Waals surface area contributed by atoms with E-state index in [2.05, 4.69) is 109 Å². The number of fused-ring (bicyclic) bond motifs is 2. The molecule has 0 saturated carbocycles. The molecule has 0 saturated heterocycles. The van der Waals surface area contributed by atoms with Crippen molar-refractivity contribution >= 4 is 21.5 Å². The first-order valence-corrected chi connectivity index (χ1v) is 8.89. The first-order valence-electron chi connectivity index (χ1n) is 8.89. The van der Waals surface area contributed by atoms with Crippen LogP contribution in [0.2, 0.25) is 0 Å². The van der Waals surface area contributed by atoms with Crippen LogP contribution >= 0.6 is 0 Å². The van der Waals surface area contributed by atoms with E-state index < -0.39 is 0 Å². The Morgan fingerprint density at radius 2 is 0.808 bits per heavy atom. The van der Waals surface area contributed by atoms with E-state index >= 15 is 0 Å². The molecule has 0 nitrogen and oxygen atoms in total. The molecule has 0 unspecified atom stereocenters. The maximum Gasteiger partial charge on any atom is -0.0253 e. The predicted octanol–water partition coefficient (Wildman–Crippen LogP) is 7.13. The molecule has 0 aromatic heterocycles. The van der Waals surface area contributed by atoms with Crippen LogP contribution in [0.4, 0.5) is 0 Å². The zero-order valence-electron chi connectivity index (χ0n) is 14.3. The summed E-state index contributed by atoms with van der Waals surface area (Å²) in [5.41, 5.74) is 4.72. The molecule has 0 aliphatic rings. The highest BCUT2D eigenvalue weighted by Crippen LogP contribution is 2.33. The van der Waals surface area contributed by atoms with Crippen molar-refractivity contribution in [1.29, 1.82) is 0 Å². The zero-order chi connectivity index (χ0) is 17.3. The van der Waals surface area contributed by atoms with Crippen molar-refractivity contribution in [3.8, 4) is 22.3 Å². The second-order valence-electron chi connectivity index (χ2n) is 6.53. The Morgan fingerprint density at radius 3 is 1.35 bits per heavy atom. The van der Waals surface area contributed by atoms with Gasteiger partial charge in [0.25, 0.3) is 0 Å². The second kappa shape index (κ2) is 6.16. The molecular formula is C26H17-. The lowest BCUT2D eigenvalue weighted by Gasteiger charge is -2.17. The van der Waals surface area contributed by atoms with Gasteiger partial charge in [-0.3, -0.25) is 0 Å². The molecule has 0 heteroatoms. The van der Waals surface area contributed by atoms with Crippen LogP contribution in [0.15, 0.2) is 103 Å². The van der Waals surface area contributed by atoms with Gasteiger partial charge in [0.1, 0.15) is 0 Å². The Labute approximate surface area is 153 Å². The van der Waals surface area contributed by atoms with Crippen LogP contribution < -0.4 is 0 Å². The minimum absolute atomic E-state index is 1.13. The maximum absolute atomic E-state index is 3.66. The molecule has 5 aromatic rings. The Kier molecular flexibility index (Phi) is 3.54. The standard InChI is InChI=1S/C26H17/c1-3-14-23-19(8-1)10-6-16-25(23)21-12-5-13-22(18-21)26-17-7-11-20-9-2-4-15-24(20)26/h1-17H/q-1. The van der Waals surface area contributed by atoms with Crippen molar-refractivity contribution < 1.29 is 0 Å². The number of hydrogen-bond donors (Lipinski definition) is 0. The minimum atomic E-state index is 1.13. The largest absolute Gasteiger partial charge is 0.129 e. The highest BCUT2D eigenvalue weighted by atomic mass is 14.1. The maximum atomic E-state index is 3.66. The van der Waals surface area contributed by atoms with Crippen LogP contribution in [0.3, 0.4) is 0 Å². The number of rotatable bonds is 2. The van der Waals surface area contributed by atoms with Crippen molar-refractivity contribution in [3.05, 3.63) is 109 Å². The van der Waals surface area contributed by atoms with Gasteiger partial charge < -0.3 is 0 Å². The number of hydrogen-bond acceptors (Lipinski definition) is 0. The van der Waals surface area contributed by atoms with Crippen molar-refractivity contribution in [2.24, 2.45) is 0 Å². The van der Waals surface area contributed by atoms with E-state index in [0.717, 1.165) is 11.1 Å². The first kappa shape index (κ1) is 14.9. The van der Waals surface area contributed by atoms with Crippen molar-refractivity contribution in [2.75, 3.05) is 0 Å². The smallest absolute Gasteiger partial charge is 0.0253 e. The minimum Gasteiger partial charge on any atom is -0.129 e. The van der Waals surface area contributed by atoms with E-state index in [9.17, 15) is 0 Å². The predicted molar refractivity (Wildman–Crippen MR) is 111 cm³/mol. The van der Waals surface area contributed by atoms with Gasteiger partial charge in [-0.2, -0.15) is 0 Å². The fourth-order valence-corrected chi connectivity index (χ4v) is 3.70. The molecule has 0 radical (unpaired) electrons. The summed E-state index contributed by atoms with van der Waals surface area (Å²) in [4.78, 5) is 0. The summed E-state index contributed by atoms with van der Waals surface area (Å²) in [6.45, 7) is 0. The van der Waals surface area contributed by atoms with E-state index in [4.69, 9.17) is 0 Å². The molecule has 0 bridgehead atoms. The molecule has 5 aromatic carbocycles. The van der Waals surface area contributed by atoms with Crippen molar-refractivity contribution in [2.45, 2.75) is 0 Å². The normalized spacial score (nSPS) is 11.1. The molecule has 5 rings (SSSR count). The van der Waals surface area contributed by atoms with Crippen molar-refractivity contribution in [1.82, 2.24) is 0 Å². The van der Waals surface area contributed by atoms with Gasteiger partial charge in [0, 0.05) is 0 Å². The average Bonchev–Trinajstić information content (AvgIpc) is 2.73. The summed E-state index contributed by atoms with van der Waals surface area (Å²) in [5, 5.41) is 5.05. The Bertz CT molecular complexity index is 1130. The molecular weight excluding hydrogens is 312 g/mol. The van der Waals surface area contributed by atoms with Gasteiger partial charge in [0.15, 0.2) is 0 Å². The molecule has 122 valence electrons. The fourth-order valence-electron chi connectivity index (χ4n) is 3.70. The SMILES string of the molecule is [c-]1c(-c2cccc3ccccc23)cccc1-c1cccc2ccccc12. The molecule has 0 N–H and O–H groups in total. The highest BCUT2D eigenvalue weighted by molar-refractivity contribution is 5.99. The van der Waals surface area contributed by atoms with Crippen LogP contribution in [0.25, 0.3) is 43.8 Å². The van der Waals surface area contributed by atoms with E-state index in [1.165, 1.54) is 32.7 Å². The summed E-state index contributed by atoms with van der Waals surface area (Å²) in [5.74, 6) is 0. The lowest BCUT2D eigenvalue weighted by Crippen LogP contribution is -1.85. The van der Waals surface area contributed by atoms with Crippen LogP contribution in [-0.4, -0.2) is 0 Å². The third kappa shape index (κ3) is 2.48. The topological polar surface area (TPSA) is 0 Å². The zero-order valence-corrected chi connectivity index (χ0v) is 14.3. The highest BCUT2D eigenvalue weighted by Gasteiger charge is 2.02. The molecule has 0 amide bonds. The Hall–Kier alpha value is -3.38. The van der Waals surface area contributed by atoms with Gasteiger partial charge in [-0.25, -0.2) is 0 Å². The van der Waals surface area contributed by atoms with Crippen LogP contribution in [0.5, 0.6) is 0 Å². The summed E-state index contributed by atoms with van der Waals surface area (Å²) in [6.07, 6.45) is 0. The quantitative estimate of drug-likeness (QED) is 0.302. The molecule has 0 atom stereocenters. The third-order valence-corrected chi connectivity index (χ3v) is 4.95. The average molecular weight is 329 g/mol. The summed E-state index contributed by atoms with van der Waals surface area (Å²) < 4.78 is 0. The van der Waals surface area contributed by atoms with E-state index in [1.54, 1.807) is 0 Å². The van der Waals surface area contributed by atoms with Crippen LogP contribution in [-0.2, 0) is 0 Å². The van der Waals surface area contributed by atoms with Gasteiger partial charge in [-0.1, -0.05) is 96.1 Å². The molecule has 0 aliphatic heterocycles. The molecule has 26 heavy (non-hydrogen) atoms. The van der Waals surface area contributed by atoms with E-state index in [1.807, 2.05) is 0 Å². The van der Waals surface area contributed by atoms with Crippen LogP contribution in [0, 0.1) is 6.07 Å². The Balaban J connectivity index is 1.72. The summed E-state index contributed by atoms with van der Waals surface area (Å²) in [6, 6.07) is 40.1. The lowest BCUT2D eigenvalue weighted by atomic mass is 9.93. The molecule has 0 spiro atoms. The number of benzene rings is 5. The molecule has 0 heterocycles. The summed E-state index contributed by atoms with van der Waals surface area (Å²) >= 11 is 0. The van der Waals surface area contributed by atoms with E-state index in [0.29, 0.717) is 0 Å². The molecule has 0 fully saturated rings. The van der Waals surface area contributed by atoms with Gasteiger partial charge in [0.2, 0.25) is 0 Å². The molecule has 0 aliphatic carbocycles. The van der Waals surface area contributed by atoms with Crippen LogP contribution in [0.1, 0.15) is 0 Å². The van der Waals surface area contributed by atoms with Gasteiger partial charge in [-0.05, 0) is 21.5 Å². The summed E-state index contributed by atoms with van der Waals surface area (Å²) in [7, 11) is 0. The third-order valence-electron chi connectivity index (χ3n) is 4.95. The van der Waals surface area contributed by atoms with Gasteiger partial charge in [-0.15, -0.1) is 35.4 Å². The van der Waals surface area contributed by atoms with E-state index in [-0.39, 0.29) is 0 Å². The fraction of sp³-hybridized carbons (Fsp3) is 0. The second-order valence-corrected chi connectivity index (χ2v) is 6.53. The first-order chi connectivity index (χ1) is 12.9. The van der Waals surface area contributed by atoms with Gasteiger partial charge in [0.05, 0.1) is 0 Å². The van der Waals surface area contributed by atoms with Gasteiger partial charge >= 0.3 is 0 Å². The van der Waals surface area contributed by atoms with Crippen molar-refractivity contribution in [3.63, 3.8) is 0 Å². The lowest BCUT2D eigenvalue weighted by molar-refractivity contribution is 1.61. The monoisotopic (exact) mass is 329 g/mol.